The Morgan fingerprint density at radius 2 is 1.88 bits per heavy atom. The lowest BCUT2D eigenvalue weighted by Crippen LogP contribution is -2.03. The summed E-state index contributed by atoms with van der Waals surface area (Å²) >= 11 is 5.83. The molecule has 0 N–H and O–H groups in total. The van der Waals surface area contributed by atoms with Gasteiger partial charge in [0.15, 0.2) is 17.7 Å². The Hall–Kier alpha value is -1.58. The number of hydrogen-bond acceptors (Lipinski definition) is 3. The Bertz CT molecular complexity index is 462. The van der Waals surface area contributed by atoms with Crippen molar-refractivity contribution in [3.63, 3.8) is 0 Å². The largest absolute Gasteiger partial charge is 0.464 e. The van der Waals surface area contributed by atoms with Crippen molar-refractivity contribution in [3.8, 4) is 5.75 Å². The quantitative estimate of drug-likeness (QED) is 0.463. The van der Waals surface area contributed by atoms with Crippen molar-refractivity contribution in [1.82, 2.24) is 4.98 Å². The van der Waals surface area contributed by atoms with Crippen molar-refractivity contribution in [2.75, 3.05) is 6.79 Å². The topological polar surface area (TPSA) is 31.4 Å². The normalized spacial score (nSPS) is 10.2. The lowest BCUT2D eigenvalue weighted by atomic mass is 10.2. The maximum Gasteiger partial charge on any atom is 0.189 e. The summed E-state index contributed by atoms with van der Waals surface area (Å²) in [4.78, 5) is 3.90. The van der Waals surface area contributed by atoms with Gasteiger partial charge >= 0.3 is 0 Å². The second kappa shape index (κ2) is 6.23. The predicted octanol–water partition coefficient (Wildman–Crippen LogP) is 3.29. The maximum absolute atomic E-state index is 5.83. The molecule has 4 heteroatoms. The van der Waals surface area contributed by atoms with Gasteiger partial charge in [-0.3, -0.25) is 0 Å². The fourth-order valence-electron chi connectivity index (χ4n) is 1.32. The van der Waals surface area contributed by atoms with Gasteiger partial charge in [-0.1, -0.05) is 41.9 Å². The van der Waals surface area contributed by atoms with Crippen molar-refractivity contribution in [1.29, 1.82) is 0 Å². The van der Waals surface area contributed by atoms with Crippen molar-refractivity contribution in [2.24, 2.45) is 0 Å². The minimum atomic E-state index is 0.153. The van der Waals surface area contributed by atoms with Crippen LogP contribution in [0, 0.1) is 0 Å². The summed E-state index contributed by atoms with van der Waals surface area (Å²) < 4.78 is 10.7. The number of benzene rings is 1. The number of pyridine rings is 1. The van der Waals surface area contributed by atoms with E-state index in [0.717, 1.165) is 5.56 Å². The molecule has 2 rings (SSSR count). The third kappa shape index (κ3) is 3.73. The number of aromatic nitrogens is 1. The van der Waals surface area contributed by atoms with E-state index in [1.807, 2.05) is 30.3 Å². The molecule has 0 fully saturated rings. The molecule has 0 saturated carbocycles. The summed E-state index contributed by atoms with van der Waals surface area (Å²) in [5, 5.41) is 0.343. The Kier molecular flexibility index (Phi) is 4.36. The van der Waals surface area contributed by atoms with Crippen LogP contribution in [-0.4, -0.2) is 11.8 Å². The first-order chi connectivity index (χ1) is 8.36. The van der Waals surface area contributed by atoms with Crippen LogP contribution in [0.3, 0.4) is 0 Å². The SMILES string of the molecule is Clc1ncccc1OCOCc1ccccc1. The fourth-order valence-corrected chi connectivity index (χ4v) is 1.49. The van der Waals surface area contributed by atoms with Crippen molar-refractivity contribution in [3.05, 3.63) is 59.4 Å². The highest BCUT2D eigenvalue weighted by atomic mass is 35.5. The molecule has 0 bridgehead atoms. The van der Waals surface area contributed by atoms with Crippen molar-refractivity contribution < 1.29 is 9.47 Å². The highest BCUT2D eigenvalue weighted by Crippen LogP contribution is 2.20. The molecule has 0 amide bonds. The summed E-state index contributed by atoms with van der Waals surface area (Å²) in [5.41, 5.74) is 1.10. The number of halogens is 1. The minimum Gasteiger partial charge on any atom is -0.464 e. The number of hydrogen-bond donors (Lipinski definition) is 0. The Morgan fingerprint density at radius 3 is 2.65 bits per heavy atom. The summed E-state index contributed by atoms with van der Waals surface area (Å²) in [6, 6.07) is 13.4. The van der Waals surface area contributed by atoms with Crippen LogP contribution in [0.1, 0.15) is 5.56 Å². The van der Waals surface area contributed by atoms with E-state index in [2.05, 4.69) is 4.98 Å². The summed E-state index contributed by atoms with van der Waals surface area (Å²) in [7, 11) is 0. The maximum atomic E-state index is 5.83. The van der Waals surface area contributed by atoms with E-state index in [0.29, 0.717) is 17.5 Å². The molecule has 0 saturated heterocycles. The van der Waals surface area contributed by atoms with Gasteiger partial charge in [0.25, 0.3) is 0 Å². The van der Waals surface area contributed by atoms with Gasteiger partial charge in [0.05, 0.1) is 6.61 Å². The summed E-state index contributed by atoms with van der Waals surface area (Å²) in [6.07, 6.45) is 1.61. The number of nitrogens with zero attached hydrogens (tertiary/aromatic N) is 1. The smallest absolute Gasteiger partial charge is 0.189 e. The van der Waals surface area contributed by atoms with Crippen LogP contribution in [0.5, 0.6) is 5.75 Å². The number of ether oxygens (including phenoxy) is 2. The molecule has 0 aliphatic carbocycles. The molecule has 1 aromatic heterocycles. The zero-order chi connectivity index (χ0) is 11.9. The summed E-state index contributed by atoms with van der Waals surface area (Å²) in [6.45, 7) is 0.666. The molecule has 17 heavy (non-hydrogen) atoms. The van der Waals surface area contributed by atoms with E-state index in [1.165, 1.54) is 0 Å². The first kappa shape index (κ1) is 11.9. The molecule has 1 aromatic carbocycles. The minimum absolute atomic E-state index is 0.153. The van der Waals surface area contributed by atoms with Gasteiger partial charge in [-0.05, 0) is 17.7 Å². The van der Waals surface area contributed by atoms with Gasteiger partial charge in [0.1, 0.15) is 0 Å². The second-order valence-corrected chi connectivity index (χ2v) is 3.75. The third-order valence-electron chi connectivity index (χ3n) is 2.13. The van der Waals surface area contributed by atoms with Crippen LogP contribution in [0.2, 0.25) is 5.15 Å². The third-order valence-corrected chi connectivity index (χ3v) is 2.42. The molecule has 88 valence electrons. The van der Waals surface area contributed by atoms with Crippen LogP contribution in [0.25, 0.3) is 0 Å². The van der Waals surface area contributed by atoms with Crippen molar-refractivity contribution in [2.45, 2.75) is 6.61 Å². The van der Waals surface area contributed by atoms with E-state index in [1.54, 1.807) is 18.3 Å². The standard InChI is InChI=1S/C13H12ClNO2/c14-13-12(7-4-8-15-13)17-10-16-9-11-5-2-1-3-6-11/h1-8H,9-10H2. The van der Waals surface area contributed by atoms with Crippen molar-refractivity contribution >= 4 is 11.6 Å². The molecular formula is C13H12ClNO2. The van der Waals surface area contributed by atoms with Crippen LogP contribution in [0.15, 0.2) is 48.7 Å². The molecule has 1 heterocycles. The van der Waals surface area contributed by atoms with E-state index in [4.69, 9.17) is 21.1 Å². The molecule has 0 aliphatic heterocycles. The lowest BCUT2D eigenvalue weighted by molar-refractivity contribution is 0.00491. The molecule has 3 nitrogen and oxygen atoms in total. The van der Waals surface area contributed by atoms with Crippen LogP contribution in [0.4, 0.5) is 0 Å². The molecule has 0 aliphatic rings. The Morgan fingerprint density at radius 1 is 1.06 bits per heavy atom. The van der Waals surface area contributed by atoms with E-state index in [9.17, 15) is 0 Å². The van der Waals surface area contributed by atoms with Gasteiger partial charge in [0, 0.05) is 6.20 Å². The fraction of sp³-hybridized carbons (Fsp3) is 0.154. The monoisotopic (exact) mass is 249 g/mol. The van der Waals surface area contributed by atoms with E-state index >= 15 is 0 Å². The zero-order valence-electron chi connectivity index (χ0n) is 9.17. The average Bonchev–Trinajstić information content (AvgIpc) is 2.38. The van der Waals surface area contributed by atoms with Crippen LogP contribution in [-0.2, 0) is 11.3 Å². The van der Waals surface area contributed by atoms with Crippen LogP contribution < -0.4 is 4.74 Å². The van der Waals surface area contributed by atoms with Gasteiger partial charge < -0.3 is 9.47 Å². The average molecular weight is 250 g/mol. The predicted molar refractivity (Wildman–Crippen MR) is 66.0 cm³/mol. The van der Waals surface area contributed by atoms with Gasteiger partial charge in [-0.2, -0.15) is 0 Å². The van der Waals surface area contributed by atoms with E-state index < -0.39 is 0 Å². The zero-order valence-corrected chi connectivity index (χ0v) is 9.93. The first-order valence-corrected chi connectivity index (χ1v) is 5.59. The molecule has 0 radical (unpaired) electrons. The summed E-state index contributed by atoms with van der Waals surface area (Å²) in [5.74, 6) is 0.530. The molecular weight excluding hydrogens is 238 g/mol. The highest BCUT2D eigenvalue weighted by molar-refractivity contribution is 6.30. The number of rotatable bonds is 5. The van der Waals surface area contributed by atoms with Gasteiger partial charge in [0.2, 0.25) is 0 Å². The molecule has 2 aromatic rings. The first-order valence-electron chi connectivity index (χ1n) is 5.21. The Labute approximate surface area is 105 Å². The second-order valence-electron chi connectivity index (χ2n) is 3.39. The molecule has 0 unspecified atom stereocenters. The van der Waals surface area contributed by atoms with Gasteiger partial charge in [-0.25, -0.2) is 4.98 Å². The molecule has 0 atom stereocenters. The molecule has 0 spiro atoms. The Balaban J connectivity index is 1.76. The van der Waals surface area contributed by atoms with E-state index in [-0.39, 0.29) is 6.79 Å². The van der Waals surface area contributed by atoms with Crippen LogP contribution >= 0.6 is 11.6 Å². The van der Waals surface area contributed by atoms with Gasteiger partial charge in [-0.15, -0.1) is 0 Å². The highest BCUT2D eigenvalue weighted by Gasteiger charge is 2.00. The lowest BCUT2D eigenvalue weighted by Gasteiger charge is -2.07.